The summed E-state index contributed by atoms with van der Waals surface area (Å²) in [4.78, 5) is 26.5. The van der Waals surface area contributed by atoms with Crippen LogP contribution < -0.4 is 5.32 Å². The summed E-state index contributed by atoms with van der Waals surface area (Å²) < 4.78 is 1.27. The molecule has 0 aliphatic carbocycles. The van der Waals surface area contributed by atoms with Crippen molar-refractivity contribution in [1.82, 2.24) is 25.2 Å². The average molecular weight is 280 g/mol. The molecule has 0 radical (unpaired) electrons. The molecule has 0 saturated heterocycles. The maximum atomic E-state index is 11.6. The number of carboxylic acid groups (broad SMARTS) is 1. The molecule has 10 heteroatoms. The first kappa shape index (κ1) is 12.8. The van der Waals surface area contributed by atoms with Gasteiger partial charge in [-0.3, -0.25) is 4.79 Å². The summed E-state index contributed by atoms with van der Waals surface area (Å²) in [6.07, 6.45) is 5.19. The van der Waals surface area contributed by atoms with Gasteiger partial charge < -0.3 is 10.4 Å². The highest BCUT2D eigenvalue weighted by atomic mass is 32.1. The van der Waals surface area contributed by atoms with Gasteiger partial charge in [0.05, 0.1) is 0 Å². The van der Waals surface area contributed by atoms with Gasteiger partial charge in [0.1, 0.15) is 12.9 Å². The Balaban J connectivity index is 1.92. The van der Waals surface area contributed by atoms with Crippen LogP contribution in [-0.4, -0.2) is 42.2 Å². The number of rotatable bonds is 5. The minimum atomic E-state index is -1.04. The second-order valence-corrected chi connectivity index (χ2v) is 4.36. The van der Waals surface area contributed by atoms with Gasteiger partial charge in [0.25, 0.3) is 0 Å². The second-order valence-electron chi connectivity index (χ2n) is 3.29. The monoisotopic (exact) mass is 280 g/mol. The number of aromatic nitrogens is 5. The molecule has 0 bridgehead atoms. The molecule has 0 aliphatic rings. The van der Waals surface area contributed by atoms with E-state index in [2.05, 4.69) is 25.8 Å². The third-order valence-corrected chi connectivity index (χ3v) is 2.74. The van der Waals surface area contributed by atoms with Crippen molar-refractivity contribution >= 4 is 34.4 Å². The van der Waals surface area contributed by atoms with Gasteiger partial charge in [0.2, 0.25) is 5.91 Å². The lowest BCUT2D eigenvalue weighted by Crippen LogP contribution is -2.18. The number of tetrazole rings is 1. The van der Waals surface area contributed by atoms with E-state index in [0.717, 1.165) is 17.4 Å². The fourth-order valence-electron chi connectivity index (χ4n) is 1.13. The van der Waals surface area contributed by atoms with Crippen LogP contribution in [0.3, 0.4) is 0 Å². The van der Waals surface area contributed by atoms with Crippen LogP contribution in [0.2, 0.25) is 0 Å². The number of anilines is 1. The second kappa shape index (κ2) is 5.82. The van der Waals surface area contributed by atoms with E-state index in [0.29, 0.717) is 10.0 Å². The van der Waals surface area contributed by atoms with Crippen LogP contribution in [0.4, 0.5) is 5.13 Å². The Hall–Kier alpha value is -2.62. The fraction of sp³-hybridized carbons (Fsp3) is 0.111. The largest absolute Gasteiger partial charge is 0.478 e. The zero-order valence-corrected chi connectivity index (χ0v) is 10.2. The Morgan fingerprint density at radius 1 is 1.53 bits per heavy atom. The van der Waals surface area contributed by atoms with Gasteiger partial charge in [0, 0.05) is 17.2 Å². The number of carboxylic acids is 1. The molecule has 1 amide bonds. The Kier molecular flexibility index (Phi) is 3.93. The molecule has 0 saturated carbocycles. The van der Waals surface area contributed by atoms with Gasteiger partial charge in [-0.1, -0.05) is 11.3 Å². The minimum absolute atomic E-state index is 0.0210. The highest BCUT2D eigenvalue weighted by Gasteiger charge is 2.07. The van der Waals surface area contributed by atoms with Crippen molar-refractivity contribution in [2.75, 3.05) is 5.32 Å². The number of amides is 1. The van der Waals surface area contributed by atoms with E-state index in [1.807, 2.05) is 0 Å². The van der Waals surface area contributed by atoms with Crippen molar-refractivity contribution in [2.24, 2.45) is 0 Å². The maximum Gasteiger partial charge on any atom is 0.328 e. The SMILES string of the molecule is O=C(O)/C=C/c1cnc(NC(=O)Cn2cnnn2)s1. The van der Waals surface area contributed by atoms with E-state index in [4.69, 9.17) is 5.11 Å². The van der Waals surface area contributed by atoms with Crippen LogP contribution >= 0.6 is 11.3 Å². The van der Waals surface area contributed by atoms with Crippen molar-refractivity contribution in [3.05, 3.63) is 23.5 Å². The first-order valence-electron chi connectivity index (χ1n) is 5.01. The maximum absolute atomic E-state index is 11.6. The van der Waals surface area contributed by atoms with E-state index in [1.165, 1.54) is 23.3 Å². The van der Waals surface area contributed by atoms with E-state index in [-0.39, 0.29) is 12.5 Å². The lowest BCUT2D eigenvalue weighted by Gasteiger charge is -1.99. The standard InChI is InChI=1S/C9H8N6O3S/c16-7(4-15-5-11-13-14-15)12-9-10-3-6(19-9)1-2-8(17)18/h1-3,5H,4H2,(H,17,18)(H,10,12,16)/b2-1+. The van der Waals surface area contributed by atoms with Gasteiger partial charge in [0.15, 0.2) is 5.13 Å². The number of nitrogens with one attached hydrogen (secondary N) is 1. The third kappa shape index (κ3) is 3.96. The van der Waals surface area contributed by atoms with Crippen LogP contribution in [0, 0.1) is 0 Å². The van der Waals surface area contributed by atoms with Crippen molar-refractivity contribution in [3.63, 3.8) is 0 Å². The van der Waals surface area contributed by atoms with Gasteiger partial charge in [-0.25, -0.2) is 14.5 Å². The molecule has 98 valence electrons. The van der Waals surface area contributed by atoms with E-state index < -0.39 is 5.97 Å². The summed E-state index contributed by atoms with van der Waals surface area (Å²) >= 11 is 1.16. The van der Waals surface area contributed by atoms with Crippen LogP contribution in [0.25, 0.3) is 6.08 Å². The molecular formula is C9H8N6O3S. The molecule has 0 atom stereocenters. The van der Waals surface area contributed by atoms with Gasteiger partial charge >= 0.3 is 5.97 Å². The molecule has 2 heterocycles. The molecular weight excluding hydrogens is 272 g/mol. The molecule has 9 nitrogen and oxygen atoms in total. The van der Waals surface area contributed by atoms with Gasteiger partial charge in [-0.2, -0.15) is 0 Å². The Bertz CT molecular complexity index is 605. The van der Waals surface area contributed by atoms with Gasteiger partial charge in [-0.05, 0) is 16.5 Å². The van der Waals surface area contributed by atoms with Crippen molar-refractivity contribution < 1.29 is 14.7 Å². The van der Waals surface area contributed by atoms with E-state index in [1.54, 1.807) is 0 Å². The van der Waals surface area contributed by atoms with Crippen LogP contribution in [0.1, 0.15) is 4.88 Å². The van der Waals surface area contributed by atoms with Gasteiger partial charge in [-0.15, -0.1) is 5.10 Å². The summed E-state index contributed by atoms with van der Waals surface area (Å²) in [5.74, 6) is -1.37. The Morgan fingerprint density at radius 2 is 2.37 bits per heavy atom. The third-order valence-electron chi connectivity index (χ3n) is 1.86. The molecule has 2 rings (SSSR count). The zero-order valence-electron chi connectivity index (χ0n) is 9.42. The normalized spacial score (nSPS) is 10.7. The number of hydrogen-bond donors (Lipinski definition) is 2. The summed E-state index contributed by atoms with van der Waals surface area (Å²) in [5, 5.41) is 21.8. The molecule has 19 heavy (non-hydrogen) atoms. The number of nitrogens with zero attached hydrogens (tertiary/aromatic N) is 5. The van der Waals surface area contributed by atoms with Crippen molar-refractivity contribution in [3.8, 4) is 0 Å². The predicted molar refractivity (Wildman–Crippen MR) is 65.2 cm³/mol. The molecule has 0 fully saturated rings. The number of carbonyl (C=O) groups is 2. The van der Waals surface area contributed by atoms with E-state index in [9.17, 15) is 9.59 Å². The number of aliphatic carboxylic acids is 1. The molecule has 2 N–H and O–H groups in total. The lowest BCUT2D eigenvalue weighted by atomic mass is 10.4. The summed E-state index contributed by atoms with van der Waals surface area (Å²) in [6, 6.07) is 0. The Labute approximate surface area is 110 Å². The number of carbonyl (C=O) groups excluding carboxylic acids is 1. The first-order valence-corrected chi connectivity index (χ1v) is 5.82. The fourth-order valence-corrected chi connectivity index (χ4v) is 1.87. The van der Waals surface area contributed by atoms with Crippen molar-refractivity contribution in [1.29, 1.82) is 0 Å². The molecule has 2 aromatic rings. The predicted octanol–water partition coefficient (Wildman–Crippen LogP) is -0.134. The number of thiazole rings is 1. The molecule has 2 aromatic heterocycles. The van der Waals surface area contributed by atoms with E-state index >= 15 is 0 Å². The topological polar surface area (TPSA) is 123 Å². The van der Waals surface area contributed by atoms with Crippen LogP contribution in [0.15, 0.2) is 18.6 Å². The molecule has 0 spiro atoms. The molecule has 0 aromatic carbocycles. The smallest absolute Gasteiger partial charge is 0.328 e. The summed E-state index contributed by atoms with van der Waals surface area (Å²) in [6.45, 7) is -0.0210. The van der Waals surface area contributed by atoms with Crippen LogP contribution in [0.5, 0.6) is 0 Å². The number of hydrogen-bond acceptors (Lipinski definition) is 7. The average Bonchev–Trinajstić information content (AvgIpc) is 2.98. The van der Waals surface area contributed by atoms with Crippen LogP contribution in [-0.2, 0) is 16.1 Å². The first-order chi connectivity index (χ1) is 9.13. The molecule has 0 aliphatic heterocycles. The molecule has 0 unspecified atom stereocenters. The summed E-state index contributed by atoms with van der Waals surface area (Å²) in [5.41, 5.74) is 0. The zero-order chi connectivity index (χ0) is 13.7. The van der Waals surface area contributed by atoms with Crippen molar-refractivity contribution in [2.45, 2.75) is 6.54 Å². The Morgan fingerprint density at radius 3 is 3.05 bits per heavy atom. The summed E-state index contributed by atoms with van der Waals surface area (Å²) in [7, 11) is 0. The lowest BCUT2D eigenvalue weighted by molar-refractivity contribution is -0.131. The highest BCUT2D eigenvalue weighted by molar-refractivity contribution is 7.16. The quantitative estimate of drug-likeness (QED) is 0.731. The minimum Gasteiger partial charge on any atom is -0.478 e. The highest BCUT2D eigenvalue weighted by Crippen LogP contribution is 2.19.